The third kappa shape index (κ3) is 3.56. The first-order chi connectivity index (χ1) is 7.72. The van der Waals surface area contributed by atoms with Crippen LogP contribution in [0.25, 0.3) is 12.2 Å². The second kappa shape index (κ2) is 7.73. The summed E-state index contributed by atoms with van der Waals surface area (Å²) in [4.78, 5) is 0. The van der Waals surface area contributed by atoms with E-state index >= 15 is 0 Å². The van der Waals surface area contributed by atoms with Gasteiger partial charge in [0.1, 0.15) is 0 Å². The summed E-state index contributed by atoms with van der Waals surface area (Å²) in [6, 6.07) is 4.48. The molecule has 0 fully saturated rings. The van der Waals surface area contributed by atoms with Crippen molar-refractivity contribution in [3.8, 4) is 12.8 Å². The molecule has 0 amide bonds. The highest BCUT2D eigenvalue weighted by Crippen LogP contribution is 1.92. The number of hydrogen-bond donors (Lipinski definition) is 1. The van der Waals surface area contributed by atoms with Gasteiger partial charge in [0.05, 0.1) is 0 Å². The molecular weight excluding hydrogens is 194 g/mol. The van der Waals surface area contributed by atoms with Crippen molar-refractivity contribution in [3.63, 3.8) is 0 Å². The first-order valence-corrected chi connectivity index (χ1v) is 5.52. The number of benzene rings is 1. The van der Waals surface area contributed by atoms with E-state index in [9.17, 15) is 0 Å². The van der Waals surface area contributed by atoms with Crippen LogP contribution in [0.2, 0.25) is 0 Å². The Bertz CT molecular complexity index is 452. The van der Waals surface area contributed by atoms with Crippen molar-refractivity contribution < 1.29 is 0 Å². The number of terminal acetylenes is 1. The summed E-state index contributed by atoms with van der Waals surface area (Å²) in [5, 5.41) is 2.62. The van der Waals surface area contributed by atoms with E-state index in [4.69, 9.17) is 5.73 Å². The Kier molecular flexibility index (Phi) is 7.00. The van der Waals surface area contributed by atoms with E-state index < -0.39 is 0 Å². The third-order valence-corrected chi connectivity index (χ3v) is 2.56. The SMILES string of the molecule is C#C.C/C=c1/cc(C)/c(=C\CN)cc1CC. The minimum Gasteiger partial charge on any atom is -0.327 e. The van der Waals surface area contributed by atoms with E-state index in [-0.39, 0.29) is 0 Å². The Hall–Kier alpha value is -1.52. The summed E-state index contributed by atoms with van der Waals surface area (Å²) in [6.07, 6.45) is 13.3. The maximum absolute atomic E-state index is 5.53. The molecule has 86 valence electrons. The van der Waals surface area contributed by atoms with Crippen LogP contribution in [0.1, 0.15) is 25.0 Å². The maximum Gasteiger partial charge on any atom is 0.0115 e. The Morgan fingerprint density at radius 1 is 1.25 bits per heavy atom. The molecule has 0 bridgehead atoms. The smallest absolute Gasteiger partial charge is 0.0115 e. The van der Waals surface area contributed by atoms with Gasteiger partial charge in [-0.25, -0.2) is 0 Å². The molecule has 0 heterocycles. The molecule has 0 saturated heterocycles. The number of rotatable bonds is 2. The molecule has 1 aromatic carbocycles. The fourth-order valence-corrected chi connectivity index (χ4v) is 1.72. The van der Waals surface area contributed by atoms with Crippen molar-refractivity contribution in [2.45, 2.75) is 27.2 Å². The van der Waals surface area contributed by atoms with Gasteiger partial charge in [0.15, 0.2) is 0 Å². The average molecular weight is 215 g/mol. The Labute approximate surface area is 98.7 Å². The molecule has 2 N–H and O–H groups in total. The summed E-state index contributed by atoms with van der Waals surface area (Å²) in [5.41, 5.74) is 8.24. The van der Waals surface area contributed by atoms with Gasteiger partial charge >= 0.3 is 0 Å². The Morgan fingerprint density at radius 2 is 1.88 bits per heavy atom. The molecule has 0 atom stereocenters. The molecule has 0 radical (unpaired) electrons. The van der Waals surface area contributed by atoms with Gasteiger partial charge in [-0.1, -0.05) is 31.2 Å². The van der Waals surface area contributed by atoms with Gasteiger partial charge in [0.2, 0.25) is 0 Å². The lowest BCUT2D eigenvalue weighted by Crippen LogP contribution is -2.18. The second-order valence-electron chi connectivity index (χ2n) is 3.49. The summed E-state index contributed by atoms with van der Waals surface area (Å²) >= 11 is 0. The number of aryl methyl sites for hydroxylation is 2. The predicted octanol–water partition coefficient (Wildman–Crippen LogP) is 1.35. The molecule has 0 aliphatic carbocycles. The van der Waals surface area contributed by atoms with Crippen molar-refractivity contribution in [2.75, 3.05) is 6.54 Å². The first kappa shape index (κ1) is 14.5. The van der Waals surface area contributed by atoms with Crippen LogP contribution in [0.15, 0.2) is 12.1 Å². The van der Waals surface area contributed by atoms with Crippen molar-refractivity contribution in [3.05, 3.63) is 33.7 Å². The fraction of sp³-hybridized carbons (Fsp3) is 0.333. The zero-order chi connectivity index (χ0) is 12.6. The molecule has 0 aliphatic heterocycles. The van der Waals surface area contributed by atoms with E-state index in [1.807, 2.05) is 0 Å². The van der Waals surface area contributed by atoms with Gasteiger partial charge in [-0.15, -0.1) is 12.8 Å². The fourth-order valence-electron chi connectivity index (χ4n) is 1.72. The van der Waals surface area contributed by atoms with E-state index in [1.165, 1.54) is 21.6 Å². The van der Waals surface area contributed by atoms with Gasteiger partial charge in [0, 0.05) is 6.54 Å². The number of hydrogen-bond acceptors (Lipinski definition) is 1. The molecule has 0 spiro atoms. The Balaban J connectivity index is 0.00000106. The van der Waals surface area contributed by atoms with Gasteiger partial charge in [-0.05, 0) is 41.8 Å². The van der Waals surface area contributed by atoms with Crippen LogP contribution >= 0.6 is 0 Å². The average Bonchev–Trinajstić information content (AvgIpc) is 2.34. The molecule has 1 nitrogen and oxygen atoms in total. The lowest BCUT2D eigenvalue weighted by atomic mass is 10.0. The molecule has 1 aromatic rings. The summed E-state index contributed by atoms with van der Waals surface area (Å²) in [6.45, 7) is 7.01. The third-order valence-electron chi connectivity index (χ3n) is 2.56. The van der Waals surface area contributed by atoms with E-state index in [0.29, 0.717) is 6.54 Å². The van der Waals surface area contributed by atoms with Gasteiger partial charge in [0.25, 0.3) is 0 Å². The minimum atomic E-state index is 0.610. The Morgan fingerprint density at radius 3 is 2.31 bits per heavy atom. The zero-order valence-corrected chi connectivity index (χ0v) is 10.5. The van der Waals surface area contributed by atoms with Crippen molar-refractivity contribution >= 4 is 12.2 Å². The van der Waals surface area contributed by atoms with Gasteiger partial charge < -0.3 is 5.73 Å². The van der Waals surface area contributed by atoms with E-state index in [1.54, 1.807) is 0 Å². The normalized spacial score (nSPS) is 12.1. The van der Waals surface area contributed by atoms with Crippen molar-refractivity contribution in [2.24, 2.45) is 5.73 Å². The van der Waals surface area contributed by atoms with Crippen LogP contribution in [0.4, 0.5) is 0 Å². The highest BCUT2D eigenvalue weighted by molar-refractivity contribution is 5.37. The van der Waals surface area contributed by atoms with Crippen LogP contribution in [-0.4, -0.2) is 6.54 Å². The highest BCUT2D eigenvalue weighted by Gasteiger charge is 1.94. The highest BCUT2D eigenvalue weighted by atomic mass is 14.5. The maximum atomic E-state index is 5.53. The molecule has 1 rings (SSSR count). The van der Waals surface area contributed by atoms with Crippen LogP contribution in [0.5, 0.6) is 0 Å². The van der Waals surface area contributed by atoms with Crippen LogP contribution in [-0.2, 0) is 6.42 Å². The molecule has 0 aliphatic rings. The van der Waals surface area contributed by atoms with E-state index in [0.717, 1.165) is 6.42 Å². The largest absolute Gasteiger partial charge is 0.327 e. The molecule has 16 heavy (non-hydrogen) atoms. The first-order valence-electron chi connectivity index (χ1n) is 5.52. The molecule has 0 saturated carbocycles. The number of nitrogens with two attached hydrogens (primary N) is 1. The second-order valence-corrected chi connectivity index (χ2v) is 3.49. The summed E-state index contributed by atoms with van der Waals surface area (Å²) in [7, 11) is 0. The van der Waals surface area contributed by atoms with Gasteiger partial charge in [-0.2, -0.15) is 0 Å². The molecular formula is C15H21N. The quantitative estimate of drug-likeness (QED) is 0.740. The van der Waals surface area contributed by atoms with Crippen LogP contribution in [0, 0.1) is 19.8 Å². The monoisotopic (exact) mass is 215 g/mol. The standard InChI is InChI=1S/C13H19N.C2H2/c1-4-11-8-10(3)13(6-7-14)9-12(11)5-2;1-2/h4,6,8-9H,5,7,14H2,1-3H3;1-2H/b11-4-,13-6-;. The molecule has 0 unspecified atom stereocenters. The lowest BCUT2D eigenvalue weighted by molar-refractivity contribution is 1.10. The zero-order valence-electron chi connectivity index (χ0n) is 10.5. The van der Waals surface area contributed by atoms with Gasteiger partial charge in [-0.3, -0.25) is 0 Å². The molecule has 1 heteroatoms. The van der Waals surface area contributed by atoms with Crippen LogP contribution in [0.3, 0.4) is 0 Å². The topological polar surface area (TPSA) is 26.0 Å². The summed E-state index contributed by atoms with van der Waals surface area (Å²) < 4.78 is 0. The van der Waals surface area contributed by atoms with E-state index in [2.05, 4.69) is 57.9 Å². The predicted molar refractivity (Wildman–Crippen MR) is 73.4 cm³/mol. The minimum absolute atomic E-state index is 0.610. The van der Waals surface area contributed by atoms with Crippen molar-refractivity contribution in [1.29, 1.82) is 0 Å². The lowest BCUT2D eigenvalue weighted by Gasteiger charge is -2.02. The molecule has 0 aromatic heterocycles. The summed E-state index contributed by atoms with van der Waals surface area (Å²) in [5.74, 6) is 0. The van der Waals surface area contributed by atoms with Crippen LogP contribution < -0.4 is 16.2 Å². The van der Waals surface area contributed by atoms with Crippen molar-refractivity contribution in [1.82, 2.24) is 0 Å².